The second-order valence-corrected chi connectivity index (χ2v) is 54.3. The first-order valence-electron chi connectivity index (χ1n) is 45.4. The third-order valence-corrected chi connectivity index (χ3v) is 41.6. The van der Waals surface area contributed by atoms with E-state index in [9.17, 15) is 46.0 Å². The lowest BCUT2D eigenvalue weighted by atomic mass is 9.60. The fraction of sp³-hybridized carbons (Fsp3) is 0.878. The fourth-order valence-electron chi connectivity index (χ4n) is 23.2. The van der Waals surface area contributed by atoms with Crippen molar-refractivity contribution in [2.45, 2.75) is 473 Å². The molecule has 0 amide bonds. The zero-order valence-corrected chi connectivity index (χ0v) is 77.8. The summed E-state index contributed by atoms with van der Waals surface area (Å²) in [7, 11) is -4.24. The van der Waals surface area contributed by atoms with E-state index in [0.717, 1.165) is 86.2 Å². The molecule has 0 aromatic heterocycles. The molecule has 0 heterocycles. The standard InChI is InChI=1S/C41H78O3Si2.2C28H48O4.CH4/c1-17-41(42)35(43-45(13,14)38(6,7)8)28-31(29-36(41)44-46(15,16)39(9,10)11)22-23-32-21-19-27-40(12)33(24-25-34(32)40)30(2)20-18-26-37(3,4)5;2*1-6-28(32)24(29)17-20(18-25(28)30)11-12-21-10-8-16-27(5)22(13-14-23(21)27)19(2)9-7-15-26(3,4)31;/h22-23,30,33-36,42H,17-21,24-29H2,1-16H3;2*11-12,19,22-25,29-32H,6-10,13-18H2,1-5H3;1H4/b31-22?,32-23+;2*20-11?,21-12+;/t30-,33?,34?,35+,36+,40?,41?;2*19-,22?,23?,24+,25+,27?,28?;/m000./s1. The van der Waals surface area contributed by atoms with Gasteiger partial charge in [-0.3, -0.25) is 0 Å². The Hall–Kier alpha value is -1.57. The zero-order valence-electron chi connectivity index (χ0n) is 75.8. The summed E-state index contributed by atoms with van der Waals surface area (Å²) in [4.78, 5) is 0. The van der Waals surface area contributed by atoms with Crippen molar-refractivity contribution in [3.05, 3.63) is 69.9 Å². The van der Waals surface area contributed by atoms with Gasteiger partial charge in [0.05, 0.1) is 47.8 Å². The van der Waals surface area contributed by atoms with Gasteiger partial charge in [-0.2, -0.15) is 0 Å². The van der Waals surface area contributed by atoms with Crippen molar-refractivity contribution < 1.29 is 54.8 Å². The quantitative estimate of drug-likeness (QED) is 0.0417. The lowest BCUT2D eigenvalue weighted by molar-refractivity contribution is -0.158. The Balaban J connectivity index is 0.000000265. The number of rotatable bonds is 24. The van der Waals surface area contributed by atoms with E-state index in [0.29, 0.717) is 96.2 Å². The van der Waals surface area contributed by atoms with E-state index < -0.39 is 69.1 Å². The van der Waals surface area contributed by atoms with Crippen LogP contribution in [-0.2, 0) is 8.85 Å². The molecule has 9 fully saturated rings. The first-order valence-corrected chi connectivity index (χ1v) is 51.3. The number of aliphatic hydroxyl groups is 9. The van der Waals surface area contributed by atoms with E-state index in [4.69, 9.17) is 8.85 Å². The Morgan fingerprint density at radius 1 is 0.405 bits per heavy atom. The van der Waals surface area contributed by atoms with Gasteiger partial charge >= 0.3 is 0 Å². The van der Waals surface area contributed by atoms with E-state index in [1.165, 1.54) is 132 Å². The number of hydrogen-bond donors (Lipinski definition) is 9. The predicted octanol–water partition coefficient (Wildman–Crippen LogP) is 23.8. The number of allylic oxidation sites excluding steroid dienone is 9. The smallest absolute Gasteiger partial charge is 0.192 e. The van der Waals surface area contributed by atoms with Crippen molar-refractivity contribution >= 4 is 16.6 Å². The van der Waals surface area contributed by atoms with Gasteiger partial charge in [-0.25, -0.2) is 0 Å². The fourth-order valence-corrected chi connectivity index (χ4v) is 25.9. The lowest BCUT2D eigenvalue weighted by Gasteiger charge is -2.52. The van der Waals surface area contributed by atoms with Gasteiger partial charge in [-0.15, -0.1) is 0 Å². The van der Waals surface area contributed by atoms with Crippen LogP contribution < -0.4 is 0 Å². The first kappa shape index (κ1) is 98.3. The van der Waals surface area contributed by atoms with E-state index >= 15 is 0 Å². The van der Waals surface area contributed by atoms with Crippen LogP contribution in [0, 0.1) is 74.9 Å². The highest BCUT2D eigenvalue weighted by molar-refractivity contribution is 6.74. The minimum absolute atomic E-state index is 0. The maximum atomic E-state index is 12.5. The molecule has 111 heavy (non-hydrogen) atoms. The first-order chi connectivity index (χ1) is 50.6. The summed E-state index contributed by atoms with van der Waals surface area (Å²) in [6.45, 7) is 58.7. The normalized spacial score (nSPS) is 37.1. The van der Waals surface area contributed by atoms with Crippen molar-refractivity contribution in [2.24, 2.45) is 74.9 Å². The van der Waals surface area contributed by atoms with Crippen molar-refractivity contribution in [3.63, 3.8) is 0 Å². The van der Waals surface area contributed by atoms with Crippen molar-refractivity contribution in [1.29, 1.82) is 0 Å². The molecule has 0 saturated heterocycles. The van der Waals surface area contributed by atoms with Crippen molar-refractivity contribution in [1.82, 2.24) is 0 Å². The average Bonchev–Trinajstić information content (AvgIpc) is 1.71. The predicted molar refractivity (Wildman–Crippen MR) is 472 cm³/mol. The highest BCUT2D eigenvalue weighted by Crippen LogP contribution is 2.63. The highest BCUT2D eigenvalue weighted by Gasteiger charge is 2.57. The second kappa shape index (κ2) is 38.4. The summed E-state index contributed by atoms with van der Waals surface area (Å²) in [5.41, 5.74) is 4.93. The van der Waals surface area contributed by atoms with Gasteiger partial charge in [0.15, 0.2) is 16.6 Å². The Kier molecular flexibility index (Phi) is 34.0. The molecule has 644 valence electrons. The van der Waals surface area contributed by atoms with Crippen LogP contribution in [0.15, 0.2) is 69.9 Å². The molecular formula is C98H178O11Si2. The van der Waals surface area contributed by atoms with Gasteiger partial charge in [-0.05, 0) is 312 Å². The number of aliphatic hydroxyl groups excluding tert-OH is 4. The molecule has 18 atom stereocenters. The largest absolute Gasteiger partial charge is 0.411 e. The van der Waals surface area contributed by atoms with E-state index in [1.807, 2.05) is 41.5 Å². The Morgan fingerprint density at radius 2 is 0.667 bits per heavy atom. The monoisotopic (exact) mass is 1590 g/mol. The van der Waals surface area contributed by atoms with Crippen LogP contribution >= 0.6 is 0 Å². The molecule has 9 N–H and O–H groups in total. The molecule has 13 heteroatoms. The summed E-state index contributed by atoms with van der Waals surface area (Å²) >= 11 is 0. The van der Waals surface area contributed by atoms with Gasteiger partial charge in [0.2, 0.25) is 0 Å². The molecule has 11 nitrogen and oxygen atoms in total. The molecule has 9 aliphatic carbocycles. The molecular weight excluding hydrogens is 1410 g/mol. The molecule has 0 aliphatic heterocycles. The van der Waals surface area contributed by atoms with Crippen molar-refractivity contribution in [3.8, 4) is 0 Å². The SMILES string of the molecule is C.CCC1(O)[C@H](O)CC(=C/C=C2\CCCC3(C)C2CCC3[C@@H](C)CCCC(C)(C)O)C[C@H]1O.CCC1(O)[C@H](O)CC(=C/C=C2\CCCC3(C)C2CCC3[C@@H](C)CCCC(C)(C)O)C[C@H]1O.CCC1(O)[C@H](O[Si](C)(C)C(C)(C)C)CC(=C/C=C2\CCCC3(C)C2CCC3[C@@H](C)CCCC(C)(C)C)C[C@H]1O[Si](C)(C)C(C)(C)C. The topological polar surface area (TPSA) is 201 Å². The van der Waals surface area contributed by atoms with Gasteiger partial charge in [0.1, 0.15) is 16.8 Å². The van der Waals surface area contributed by atoms with Crippen LogP contribution in [0.2, 0.25) is 36.3 Å². The van der Waals surface area contributed by atoms with Gasteiger partial charge in [0, 0.05) is 0 Å². The highest BCUT2D eigenvalue weighted by atomic mass is 28.4. The van der Waals surface area contributed by atoms with Crippen molar-refractivity contribution in [2.75, 3.05) is 0 Å². The molecule has 0 aromatic carbocycles. The van der Waals surface area contributed by atoms with Crippen LogP contribution in [0.5, 0.6) is 0 Å². The van der Waals surface area contributed by atoms with Crippen LogP contribution in [0.25, 0.3) is 0 Å². The maximum Gasteiger partial charge on any atom is 0.192 e. The molecule has 0 aromatic rings. The van der Waals surface area contributed by atoms with Gasteiger partial charge < -0.3 is 54.8 Å². The third kappa shape index (κ3) is 23.7. The molecule has 0 bridgehead atoms. The van der Waals surface area contributed by atoms with E-state index in [2.05, 4.69) is 173 Å². The molecule has 0 radical (unpaired) electrons. The summed E-state index contributed by atoms with van der Waals surface area (Å²) in [6.07, 6.45) is 43.9. The maximum absolute atomic E-state index is 12.5. The summed E-state index contributed by atoms with van der Waals surface area (Å²) < 4.78 is 14.3. The number of fused-ring (bicyclic) bond motifs is 3. The van der Waals surface area contributed by atoms with Crippen LogP contribution in [0.1, 0.15) is 372 Å². The Labute approximate surface area is 684 Å². The minimum atomic E-state index is -2.12. The lowest BCUT2D eigenvalue weighted by Crippen LogP contribution is -2.63. The molecule has 9 rings (SSSR count). The van der Waals surface area contributed by atoms with E-state index in [-0.39, 0.29) is 29.7 Å². The second-order valence-electron chi connectivity index (χ2n) is 44.8. The summed E-state index contributed by atoms with van der Waals surface area (Å²) in [5.74, 6) is 6.45. The zero-order chi connectivity index (χ0) is 82.6. The molecule has 9 aliphatic rings. The Bertz CT molecular complexity index is 2950. The minimum Gasteiger partial charge on any atom is -0.411 e. The average molecular weight is 1590 g/mol. The Morgan fingerprint density at radius 3 is 0.910 bits per heavy atom. The van der Waals surface area contributed by atoms with Crippen LogP contribution in [0.4, 0.5) is 0 Å². The van der Waals surface area contributed by atoms with Gasteiger partial charge in [-0.1, -0.05) is 240 Å². The summed E-state index contributed by atoms with van der Waals surface area (Å²) in [6, 6.07) is 0. The molecule has 0 spiro atoms. The number of hydrogen-bond acceptors (Lipinski definition) is 11. The van der Waals surface area contributed by atoms with Gasteiger partial charge in [0.25, 0.3) is 0 Å². The molecule has 9 unspecified atom stereocenters. The van der Waals surface area contributed by atoms with Crippen LogP contribution in [0.3, 0.4) is 0 Å². The van der Waals surface area contributed by atoms with E-state index in [1.54, 1.807) is 5.57 Å². The molecule has 9 saturated carbocycles. The third-order valence-electron chi connectivity index (χ3n) is 32.6. The van der Waals surface area contributed by atoms with Crippen LogP contribution in [-0.4, -0.2) is 127 Å². The summed E-state index contributed by atoms with van der Waals surface area (Å²) in [5, 5.41) is 95.5.